The molecule has 0 aliphatic rings. The number of thiazole rings is 2. The number of fused-ring (bicyclic) bond motifs is 1. The Bertz CT molecular complexity index is 579. The zero-order valence-electron chi connectivity index (χ0n) is 7.97. The molecule has 0 aromatic carbocycles. The highest BCUT2D eigenvalue weighted by Gasteiger charge is 2.08. The van der Waals surface area contributed by atoms with E-state index < -0.39 is 0 Å². The quantitative estimate of drug-likeness (QED) is 0.648. The van der Waals surface area contributed by atoms with Gasteiger partial charge in [0.15, 0.2) is 0 Å². The minimum atomic E-state index is 0.962. The van der Waals surface area contributed by atoms with Gasteiger partial charge in [0.25, 0.3) is 0 Å². The van der Waals surface area contributed by atoms with Gasteiger partial charge in [-0.1, -0.05) is 0 Å². The first kappa shape index (κ1) is 8.94. The molecule has 3 aromatic rings. The molecule has 0 saturated heterocycles. The second kappa shape index (κ2) is 3.36. The van der Waals surface area contributed by atoms with Crippen molar-refractivity contribution >= 4 is 32.9 Å². The van der Waals surface area contributed by atoms with Gasteiger partial charge >= 0.3 is 0 Å². The van der Waals surface area contributed by atoms with Gasteiger partial charge in [-0.15, -0.1) is 22.7 Å². The average Bonchev–Trinajstić information content (AvgIpc) is 2.82. The molecule has 0 saturated carbocycles. The lowest BCUT2D eigenvalue weighted by Crippen LogP contribution is -1.70. The first-order chi connectivity index (χ1) is 7.33. The second-order valence-corrected chi connectivity index (χ2v) is 5.37. The summed E-state index contributed by atoms with van der Waals surface area (Å²) in [5.74, 6) is 0. The number of rotatable bonds is 1. The van der Waals surface area contributed by atoms with Crippen LogP contribution in [0.1, 0.15) is 5.01 Å². The molecule has 15 heavy (non-hydrogen) atoms. The summed E-state index contributed by atoms with van der Waals surface area (Å²) in [6.07, 6.45) is 5.47. The lowest BCUT2D eigenvalue weighted by Gasteiger charge is -1.83. The number of hydrogen-bond acceptors (Lipinski definition) is 5. The SMILES string of the molecule is Cc1ncc(-c2nc3cnccc3s2)s1. The normalized spacial score (nSPS) is 11.0. The van der Waals surface area contributed by atoms with E-state index in [1.54, 1.807) is 35.1 Å². The van der Waals surface area contributed by atoms with E-state index in [9.17, 15) is 0 Å². The van der Waals surface area contributed by atoms with Crippen LogP contribution in [0.15, 0.2) is 24.7 Å². The van der Waals surface area contributed by atoms with Crippen LogP contribution in [0.25, 0.3) is 20.1 Å². The van der Waals surface area contributed by atoms with Crippen molar-refractivity contribution in [3.8, 4) is 9.88 Å². The van der Waals surface area contributed by atoms with E-state index in [0.717, 1.165) is 20.4 Å². The topological polar surface area (TPSA) is 38.7 Å². The Morgan fingerprint density at radius 3 is 2.87 bits per heavy atom. The molecule has 3 nitrogen and oxygen atoms in total. The van der Waals surface area contributed by atoms with E-state index in [0.29, 0.717) is 0 Å². The Labute approximate surface area is 94.5 Å². The summed E-state index contributed by atoms with van der Waals surface area (Å²) in [5.41, 5.74) is 0.962. The Balaban J connectivity index is 2.19. The molecule has 0 aliphatic heterocycles. The van der Waals surface area contributed by atoms with Gasteiger partial charge in [-0.2, -0.15) is 0 Å². The molecule has 0 radical (unpaired) electrons. The predicted octanol–water partition coefficient (Wildman–Crippen LogP) is 3.12. The highest BCUT2D eigenvalue weighted by molar-refractivity contribution is 7.25. The van der Waals surface area contributed by atoms with Crippen molar-refractivity contribution in [3.63, 3.8) is 0 Å². The number of hydrogen-bond donors (Lipinski definition) is 0. The second-order valence-electron chi connectivity index (χ2n) is 3.11. The van der Waals surface area contributed by atoms with E-state index in [1.165, 1.54) is 4.70 Å². The van der Waals surface area contributed by atoms with Crippen molar-refractivity contribution in [1.82, 2.24) is 15.0 Å². The lowest BCUT2D eigenvalue weighted by atomic mass is 10.4. The van der Waals surface area contributed by atoms with Gasteiger partial charge in [0, 0.05) is 12.4 Å². The molecule has 74 valence electrons. The predicted molar refractivity (Wildman–Crippen MR) is 63.3 cm³/mol. The Morgan fingerprint density at radius 2 is 2.13 bits per heavy atom. The fourth-order valence-electron chi connectivity index (χ4n) is 1.35. The van der Waals surface area contributed by atoms with Gasteiger partial charge < -0.3 is 0 Å². The smallest absolute Gasteiger partial charge is 0.136 e. The Kier molecular flexibility index (Phi) is 2.00. The molecule has 0 N–H and O–H groups in total. The summed E-state index contributed by atoms with van der Waals surface area (Å²) in [4.78, 5) is 13.9. The largest absolute Gasteiger partial charge is 0.262 e. The molecule has 0 atom stereocenters. The summed E-state index contributed by atoms with van der Waals surface area (Å²) in [6.45, 7) is 2.00. The number of nitrogens with zero attached hydrogens (tertiary/aromatic N) is 3. The van der Waals surface area contributed by atoms with Gasteiger partial charge in [-0.3, -0.25) is 4.98 Å². The molecule has 0 unspecified atom stereocenters. The summed E-state index contributed by atoms with van der Waals surface area (Å²) in [6, 6.07) is 1.99. The third-order valence-corrected chi connectivity index (χ3v) is 4.14. The van der Waals surface area contributed by atoms with Crippen molar-refractivity contribution in [3.05, 3.63) is 29.7 Å². The van der Waals surface area contributed by atoms with Crippen LogP contribution in [-0.4, -0.2) is 15.0 Å². The number of aryl methyl sites for hydroxylation is 1. The van der Waals surface area contributed by atoms with Gasteiger partial charge in [0.05, 0.1) is 20.8 Å². The molecule has 3 heterocycles. The zero-order chi connectivity index (χ0) is 10.3. The number of aromatic nitrogens is 3. The van der Waals surface area contributed by atoms with Gasteiger partial charge in [-0.05, 0) is 13.0 Å². The van der Waals surface area contributed by atoms with Gasteiger partial charge in [0.1, 0.15) is 10.5 Å². The van der Waals surface area contributed by atoms with E-state index in [-0.39, 0.29) is 0 Å². The van der Waals surface area contributed by atoms with Gasteiger partial charge in [-0.25, -0.2) is 9.97 Å². The minimum Gasteiger partial charge on any atom is -0.262 e. The summed E-state index contributed by atoms with van der Waals surface area (Å²) >= 11 is 3.36. The van der Waals surface area contributed by atoms with E-state index in [1.807, 2.05) is 19.2 Å². The molecular weight excluding hydrogens is 226 g/mol. The van der Waals surface area contributed by atoms with Crippen LogP contribution in [0.2, 0.25) is 0 Å². The molecule has 3 aromatic heterocycles. The van der Waals surface area contributed by atoms with Crippen molar-refractivity contribution in [2.24, 2.45) is 0 Å². The fourth-order valence-corrected chi connectivity index (χ4v) is 3.10. The monoisotopic (exact) mass is 233 g/mol. The molecule has 5 heteroatoms. The lowest BCUT2D eigenvalue weighted by molar-refractivity contribution is 1.30. The number of pyridine rings is 1. The molecule has 0 aliphatic carbocycles. The molecule has 0 amide bonds. The fraction of sp³-hybridized carbons (Fsp3) is 0.100. The van der Waals surface area contributed by atoms with Crippen LogP contribution in [0.4, 0.5) is 0 Å². The van der Waals surface area contributed by atoms with Crippen molar-refractivity contribution < 1.29 is 0 Å². The van der Waals surface area contributed by atoms with Crippen molar-refractivity contribution in [1.29, 1.82) is 0 Å². The van der Waals surface area contributed by atoms with Crippen LogP contribution in [0.5, 0.6) is 0 Å². The third kappa shape index (κ3) is 1.53. The Morgan fingerprint density at radius 1 is 1.20 bits per heavy atom. The van der Waals surface area contributed by atoms with Crippen LogP contribution in [0.3, 0.4) is 0 Å². The molecule has 3 rings (SSSR count). The van der Waals surface area contributed by atoms with Crippen LogP contribution >= 0.6 is 22.7 Å². The van der Waals surface area contributed by atoms with Crippen LogP contribution in [0, 0.1) is 6.92 Å². The molecule has 0 spiro atoms. The first-order valence-corrected chi connectivity index (χ1v) is 6.09. The maximum absolute atomic E-state index is 4.52. The summed E-state index contributed by atoms with van der Waals surface area (Å²) in [5, 5.41) is 2.10. The Hall–Kier alpha value is -1.33. The highest BCUT2D eigenvalue weighted by atomic mass is 32.1. The van der Waals surface area contributed by atoms with Crippen molar-refractivity contribution in [2.75, 3.05) is 0 Å². The molecule has 0 fully saturated rings. The van der Waals surface area contributed by atoms with E-state index in [4.69, 9.17) is 0 Å². The van der Waals surface area contributed by atoms with Crippen LogP contribution < -0.4 is 0 Å². The summed E-state index contributed by atoms with van der Waals surface area (Å²) in [7, 11) is 0. The van der Waals surface area contributed by atoms with E-state index in [2.05, 4.69) is 15.0 Å². The zero-order valence-corrected chi connectivity index (χ0v) is 9.60. The molecule has 0 bridgehead atoms. The average molecular weight is 233 g/mol. The van der Waals surface area contributed by atoms with Crippen molar-refractivity contribution in [2.45, 2.75) is 6.92 Å². The summed E-state index contributed by atoms with van der Waals surface area (Å²) < 4.78 is 1.17. The third-order valence-electron chi connectivity index (χ3n) is 2.02. The first-order valence-electron chi connectivity index (χ1n) is 4.46. The van der Waals surface area contributed by atoms with Gasteiger partial charge in [0.2, 0.25) is 0 Å². The van der Waals surface area contributed by atoms with E-state index >= 15 is 0 Å². The maximum atomic E-state index is 4.52. The maximum Gasteiger partial charge on any atom is 0.136 e. The minimum absolute atomic E-state index is 0.962. The van der Waals surface area contributed by atoms with Crippen LogP contribution in [-0.2, 0) is 0 Å². The molecular formula is C10H7N3S2. The standard InChI is InChI=1S/C10H7N3S2/c1-6-12-5-9(14-6)10-13-7-4-11-3-2-8(7)15-10/h2-5H,1H3. The highest BCUT2D eigenvalue weighted by Crippen LogP contribution is 2.32.